The Kier molecular flexibility index (Phi) is 9.38. The van der Waals surface area contributed by atoms with E-state index in [9.17, 15) is 19.7 Å². The van der Waals surface area contributed by atoms with E-state index in [-0.39, 0.29) is 40.3 Å². The summed E-state index contributed by atoms with van der Waals surface area (Å²) >= 11 is 1.11. The van der Waals surface area contributed by atoms with Crippen molar-refractivity contribution >= 4 is 46.2 Å². The highest BCUT2D eigenvalue weighted by molar-refractivity contribution is 8.18. The minimum atomic E-state index is -0.519. The number of aliphatic imine (C=N–C) groups is 1. The Labute approximate surface area is 252 Å². The number of methoxy groups -OCH3 is 1. The zero-order valence-corrected chi connectivity index (χ0v) is 24.5. The Bertz CT molecular complexity index is 1590. The van der Waals surface area contributed by atoms with Crippen molar-refractivity contribution in [3.8, 4) is 11.5 Å². The molecule has 0 spiro atoms. The van der Waals surface area contributed by atoms with Gasteiger partial charge in [0.1, 0.15) is 6.61 Å². The molecule has 11 nitrogen and oxygen atoms in total. The Balaban J connectivity index is 1.42. The third kappa shape index (κ3) is 6.87. The number of morpholine rings is 1. The van der Waals surface area contributed by atoms with E-state index in [1.165, 1.54) is 30.2 Å². The van der Waals surface area contributed by atoms with Crippen LogP contribution in [0.25, 0.3) is 6.08 Å². The molecular formula is C31H30N4O7S. The third-order valence-corrected chi connectivity index (χ3v) is 7.86. The largest absolute Gasteiger partial charge is 0.493 e. The summed E-state index contributed by atoms with van der Waals surface area (Å²) < 4.78 is 16.7. The van der Waals surface area contributed by atoms with Crippen LogP contribution in [0.3, 0.4) is 0 Å². The number of nitrogens with zero attached hydrogens (tertiary/aromatic N) is 4. The van der Waals surface area contributed by atoms with Gasteiger partial charge in [-0.3, -0.25) is 24.6 Å². The Hall–Kier alpha value is -4.68. The number of benzene rings is 3. The molecule has 2 aliphatic rings. The summed E-state index contributed by atoms with van der Waals surface area (Å²) in [6.07, 6.45) is 1.47. The van der Waals surface area contributed by atoms with Crippen molar-refractivity contribution in [3.63, 3.8) is 0 Å². The molecule has 222 valence electrons. The summed E-state index contributed by atoms with van der Waals surface area (Å²) in [6, 6.07) is 19.1. The number of rotatable bonds is 9. The van der Waals surface area contributed by atoms with Crippen molar-refractivity contribution in [2.24, 2.45) is 4.99 Å². The smallest absolute Gasteiger partial charge is 0.280 e. The Morgan fingerprint density at radius 1 is 1.09 bits per heavy atom. The van der Waals surface area contributed by atoms with E-state index in [1.54, 1.807) is 29.2 Å². The number of amidine groups is 1. The zero-order valence-electron chi connectivity index (χ0n) is 23.7. The molecule has 0 bridgehead atoms. The van der Waals surface area contributed by atoms with E-state index in [0.29, 0.717) is 55.0 Å². The van der Waals surface area contributed by atoms with E-state index in [0.717, 1.165) is 17.3 Å². The van der Waals surface area contributed by atoms with Crippen molar-refractivity contribution < 1.29 is 28.7 Å². The summed E-state index contributed by atoms with van der Waals surface area (Å²) in [5, 5.41) is 12.5. The van der Waals surface area contributed by atoms with Crippen molar-refractivity contribution in [1.29, 1.82) is 0 Å². The molecule has 2 amide bonds. The van der Waals surface area contributed by atoms with Gasteiger partial charge in [0.2, 0.25) is 0 Å². The number of amides is 2. The molecule has 2 aliphatic heterocycles. The van der Waals surface area contributed by atoms with E-state index in [2.05, 4.69) is 4.99 Å². The lowest BCUT2D eigenvalue weighted by atomic mass is 10.1. The first kappa shape index (κ1) is 29.8. The number of thioether (sulfide) groups is 1. The molecule has 3 aromatic rings. The van der Waals surface area contributed by atoms with Gasteiger partial charge in [0.15, 0.2) is 16.7 Å². The van der Waals surface area contributed by atoms with Crippen LogP contribution < -0.4 is 9.47 Å². The normalized spacial score (nSPS) is 17.0. The van der Waals surface area contributed by atoms with Gasteiger partial charge in [-0.1, -0.05) is 36.4 Å². The van der Waals surface area contributed by atoms with Gasteiger partial charge in [-0.05, 0) is 54.6 Å². The fourth-order valence-electron chi connectivity index (χ4n) is 4.63. The van der Waals surface area contributed by atoms with Gasteiger partial charge in [0, 0.05) is 25.2 Å². The number of carbonyl (C=O) groups is 2. The molecule has 0 aliphatic carbocycles. The SMILES string of the molecule is CCN1C(=O)/C(=C\c2cc(OC)c(OCc3ccccc3)cc2[N+](=O)[O-])SC1=Nc1cccc(C(=O)N2CCOCC2)c1. The summed E-state index contributed by atoms with van der Waals surface area (Å²) in [7, 11) is 1.45. The number of ether oxygens (including phenoxy) is 3. The molecule has 5 rings (SSSR count). The lowest BCUT2D eigenvalue weighted by Crippen LogP contribution is -2.40. The van der Waals surface area contributed by atoms with Crippen LogP contribution >= 0.6 is 11.8 Å². The predicted octanol–water partition coefficient (Wildman–Crippen LogP) is 5.28. The van der Waals surface area contributed by atoms with Gasteiger partial charge in [0.25, 0.3) is 17.5 Å². The van der Waals surface area contributed by atoms with Crippen LogP contribution in [-0.2, 0) is 16.1 Å². The highest BCUT2D eigenvalue weighted by Gasteiger charge is 2.33. The van der Waals surface area contributed by atoms with Gasteiger partial charge in [-0.25, -0.2) is 4.99 Å². The highest BCUT2D eigenvalue weighted by atomic mass is 32.2. The van der Waals surface area contributed by atoms with Crippen LogP contribution in [0.1, 0.15) is 28.4 Å². The van der Waals surface area contributed by atoms with E-state index in [4.69, 9.17) is 14.2 Å². The molecule has 3 aromatic carbocycles. The molecule has 2 heterocycles. The molecule has 2 saturated heterocycles. The Morgan fingerprint density at radius 2 is 1.86 bits per heavy atom. The monoisotopic (exact) mass is 602 g/mol. The lowest BCUT2D eigenvalue weighted by molar-refractivity contribution is -0.385. The maximum Gasteiger partial charge on any atom is 0.280 e. The number of carbonyl (C=O) groups excluding carboxylic acids is 2. The summed E-state index contributed by atoms with van der Waals surface area (Å²) in [6.45, 7) is 4.41. The second-order valence-electron chi connectivity index (χ2n) is 9.60. The van der Waals surface area contributed by atoms with Gasteiger partial charge >= 0.3 is 0 Å². The van der Waals surface area contributed by atoms with Crippen LogP contribution in [-0.4, -0.2) is 71.7 Å². The predicted molar refractivity (Wildman–Crippen MR) is 164 cm³/mol. The molecule has 0 N–H and O–H groups in total. The van der Waals surface area contributed by atoms with Crippen LogP contribution in [0.15, 0.2) is 76.6 Å². The van der Waals surface area contributed by atoms with Crippen LogP contribution in [0.2, 0.25) is 0 Å². The van der Waals surface area contributed by atoms with Crippen LogP contribution in [0.5, 0.6) is 11.5 Å². The Morgan fingerprint density at radius 3 is 2.56 bits per heavy atom. The molecule has 12 heteroatoms. The number of hydrogen-bond acceptors (Lipinski definition) is 9. The van der Waals surface area contributed by atoms with Crippen molar-refractivity contribution in [2.75, 3.05) is 40.0 Å². The molecule has 0 radical (unpaired) electrons. The second kappa shape index (κ2) is 13.5. The average molecular weight is 603 g/mol. The standard InChI is InChI=1S/C31H30N4O7S/c1-3-34-30(37)28(43-31(34)32-24-11-7-10-22(16-24)29(36)33-12-14-41-15-13-33)18-23-17-26(40-2)27(19-25(23)35(38)39)42-20-21-8-5-4-6-9-21/h4-11,16-19H,3,12-15,20H2,1-2H3/b28-18+,32-31?. The third-order valence-electron chi connectivity index (χ3n) is 6.85. The molecule has 0 saturated carbocycles. The van der Waals surface area contributed by atoms with Crippen molar-refractivity contribution in [2.45, 2.75) is 13.5 Å². The maximum atomic E-state index is 13.3. The van der Waals surface area contributed by atoms with Gasteiger partial charge in [-0.2, -0.15) is 0 Å². The molecule has 2 fully saturated rings. The summed E-state index contributed by atoms with van der Waals surface area (Å²) in [5.41, 5.74) is 1.87. The van der Waals surface area contributed by atoms with Crippen LogP contribution in [0.4, 0.5) is 11.4 Å². The first-order valence-corrected chi connectivity index (χ1v) is 14.5. The molecular weight excluding hydrogens is 572 g/mol. The quantitative estimate of drug-likeness (QED) is 0.184. The van der Waals surface area contributed by atoms with Crippen LogP contribution in [0, 0.1) is 10.1 Å². The van der Waals surface area contributed by atoms with Crippen molar-refractivity contribution in [1.82, 2.24) is 9.80 Å². The molecule has 43 heavy (non-hydrogen) atoms. The van der Waals surface area contributed by atoms with Gasteiger partial charge in [0.05, 0.1) is 47.5 Å². The second-order valence-corrected chi connectivity index (χ2v) is 10.6. The summed E-state index contributed by atoms with van der Waals surface area (Å²) in [5.74, 6) is 0.0803. The van der Waals surface area contributed by atoms with E-state index in [1.807, 2.05) is 37.3 Å². The number of nitro benzene ring substituents is 1. The summed E-state index contributed by atoms with van der Waals surface area (Å²) in [4.78, 5) is 46.0. The lowest BCUT2D eigenvalue weighted by Gasteiger charge is -2.26. The molecule has 0 atom stereocenters. The molecule has 0 unspecified atom stereocenters. The van der Waals surface area contributed by atoms with Gasteiger partial charge in [-0.15, -0.1) is 0 Å². The fourth-order valence-corrected chi connectivity index (χ4v) is 5.68. The first-order valence-electron chi connectivity index (χ1n) is 13.7. The fraction of sp³-hybridized carbons (Fsp3) is 0.258. The first-order chi connectivity index (χ1) is 20.9. The minimum absolute atomic E-state index is 0.106. The number of likely N-dealkylation sites (N-methyl/N-ethyl adjacent to an activating group) is 1. The van der Waals surface area contributed by atoms with Gasteiger partial charge < -0.3 is 19.1 Å². The average Bonchev–Trinajstić information content (AvgIpc) is 3.33. The zero-order chi connectivity index (χ0) is 30.3. The van der Waals surface area contributed by atoms with E-state index >= 15 is 0 Å². The maximum absolute atomic E-state index is 13.3. The number of nitro groups is 1. The number of hydrogen-bond donors (Lipinski definition) is 0. The van der Waals surface area contributed by atoms with E-state index < -0.39 is 4.92 Å². The molecule has 0 aromatic heterocycles. The van der Waals surface area contributed by atoms with Crippen molar-refractivity contribution in [3.05, 3.63) is 98.4 Å². The minimum Gasteiger partial charge on any atom is -0.493 e. The topological polar surface area (TPSA) is 124 Å². The highest BCUT2D eigenvalue weighted by Crippen LogP contribution is 2.40.